The lowest BCUT2D eigenvalue weighted by atomic mass is 10.1. The van der Waals surface area contributed by atoms with Gasteiger partial charge in [-0.15, -0.1) is 0 Å². The molecule has 39 heavy (non-hydrogen) atoms. The Morgan fingerprint density at radius 3 is 2.26 bits per heavy atom. The van der Waals surface area contributed by atoms with Gasteiger partial charge in [0.15, 0.2) is 21.0 Å². The maximum atomic E-state index is 12.9. The van der Waals surface area contributed by atoms with Crippen LogP contribution < -0.4 is 16.0 Å². The summed E-state index contributed by atoms with van der Waals surface area (Å²) in [7, 11) is -3.48. The van der Waals surface area contributed by atoms with Gasteiger partial charge in [0.1, 0.15) is 12.4 Å². The Labute approximate surface area is 225 Å². The first kappa shape index (κ1) is 26.2. The average Bonchev–Trinajstić information content (AvgIpc) is 3.39. The van der Waals surface area contributed by atoms with Crippen LogP contribution in [-0.2, 0) is 36.0 Å². The van der Waals surface area contributed by atoms with E-state index in [-0.39, 0.29) is 17.2 Å². The van der Waals surface area contributed by atoms with Crippen molar-refractivity contribution in [2.24, 2.45) is 0 Å². The summed E-state index contributed by atoms with van der Waals surface area (Å²) in [4.78, 5) is 31.6. The molecule has 10 heteroatoms. The number of sulfone groups is 1. The lowest BCUT2D eigenvalue weighted by Gasteiger charge is -2.09. The number of nitrogens with zero attached hydrogens (tertiary/aromatic N) is 3. The number of benzene rings is 3. The number of rotatable bonds is 10. The lowest BCUT2D eigenvalue weighted by Crippen LogP contribution is -2.31. The molecule has 0 saturated heterocycles. The second kappa shape index (κ2) is 11.1. The maximum absolute atomic E-state index is 12.9. The van der Waals surface area contributed by atoms with Crippen LogP contribution in [0.3, 0.4) is 0 Å². The van der Waals surface area contributed by atoms with Gasteiger partial charge in [0, 0.05) is 6.54 Å². The van der Waals surface area contributed by atoms with E-state index in [1.807, 2.05) is 61.5 Å². The predicted octanol–water partition coefficient (Wildman–Crippen LogP) is 3.55. The van der Waals surface area contributed by atoms with Gasteiger partial charge in [0.05, 0.1) is 23.5 Å². The Hall–Kier alpha value is -4.44. The van der Waals surface area contributed by atoms with Crippen molar-refractivity contribution in [3.05, 3.63) is 123 Å². The van der Waals surface area contributed by atoms with Crippen molar-refractivity contribution >= 4 is 21.0 Å². The van der Waals surface area contributed by atoms with E-state index in [9.17, 15) is 18.0 Å². The van der Waals surface area contributed by atoms with E-state index in [1.165, 1.54) is 4.57 Å². The van der Waals surface area contributed by atoms with Gasteiger partial charge in [0.25, 0.3) is 5.56 Å². The van der Waals surface area contributed by atoms with E-state index < -0.39 is 21.1 Å². The number of imidazole rings is 1. The summed E-state index contributed by atoms with van der Waals surface area (Å²) < 4.78 is 34.7. The fourth-order valence-corrected chi connectivity index (χ4v) is 5.65. The highest BCUT2D eigenvalue weighted by atomic mass is 32.2. The number of aryl methyl sites for hydroxylation is 2. The number of H-pyrrole nitrogens is 1. The fourth-order valence-electron chi connectivity index (χ4n) is 4.36. The van der Waals surface area contributed by atoms with Gasteiger partial charge in [-0.1, -0.05) is 54.6 Å². The van der Waals surface area contributed by atoms with E-state index in [2.05, 4.69) is 9.97 Å². The topological polar surface area (TPSA) is 116 Å². The van der Waals surface area contributed by atoms with Crippen LogP contribution in [0, 0.1) is 0 Å². The highest BCUT2D eigenvalue weighted by Crippen LogP contribution is 2.19. The molecular weight excluding hydrogens is 516 g/mol. The zero-order valence-electron chi connectivity index (χ0n) is 21.4. The number of fused-ring (bicyclic) bond motifs is 1. The molecule has 3 aromatic carbocycles. The van der Waals surface area contributed by atoms with Crippen LogP contribution in [0.15, 0.2) is 99.7 Å². The SMILES string of the molecule is CCn1cnc2c1c(=O)[nH]c(=O)n2Cc1ccc(CCS(=O)(=O)c2ccc(OCc3ccccc3)cc2)cc1. The summed E-state index contributed by atoms with van der Waals surface area (Å²) in [5, 5.41) is 0. The first-order valence-electron chi connectivity index (χ1n) is 12.6. The van der Waals surface area contributed by atoms with Crippen molar-refractivity contribution < 1.29 is 13.2 Å². The van der Waals surface area contributed by atoms with Crippen molar-refractivity contribution in [1.29, 1.82) is 0 Å². The molecule has 200 valence electrons. The molecule has 2 aromatic heterocycles. The third-order valence-corrected chi connectivity index (χ3v) is 8.28. The van der Waals surface area contributed by atoms with Crippen molar-refractivity contribution in [2.45, 2.75) is 37.9 Å². The molecular formula is C29H28N4O5S. The second-order valence-corrected chi connectivity index (χ2v) is 11.3. The van der Waals surface area contributed by atoms with Gasteiger partial charge in [-0.25, -0.2) is 18.2 Å². The number of hydrogen-bond acceptors (Lipinski definition) is 6. The molecule has 0 fully saturated rings. The highest BCUT2D eigenvalue weighted by molar-refractivity contribution is 7.91. The van der Waals surface area contributed by atoms with Gasteiger partial charge in [-0.2, -0.15) is 0 Å². The summed E-state index contributed by atoms with van der Waals surface area (Å²) in [6.45, 7) is 3.09. The number of nitrogens with one attached hydrogen (secondary N) is 1. The first-order chi connectivity index (χ1) is 18.8. The minimum absolute atomic E-state index is 0.0367. The molecule has 5 rings (SSSR count). The Balaban J connectivity index is 1.22. The van der Waals surface area contributed by atoms with Crippen LogP contribution in [-0.4, -0.2) is 33.3 Å². The Morgan fingerprint density at radius 2 is 1.56 bits per heavy atom. The molecule has 0 spiro atoms. The first-order valence-corrected chi connectivity index (χ1v) is 14.2. The molecule has 0 radical (unpaired) electrons. The standard InChI is InChI=1S/C29H28N4O5S/c1-2-32-20-30-27-26(32)28(34)31-29(35)33(27)18-22-10-8-21(9-11-22)16-17-39(36,37)25-14-12-24(13-15-25)38-19-23-6-4-3-5-7-23/h3-15,20H,2,16-19H2,1H3,(H,31,34,35). The highest BCUT2D eigenvalue weighted by Gasteiger charge is 2.16. The maximum Gasteiger partial charge on any atom is 0.330 e. The Kier molecular flexibility index (Phi) is 7.47. The molecule has 1 N–H and O–H groups in total. The van der Waals surface area contributed by atoms with Gasteiger partial charge >= 0.3 is 5.69 Å². The van der Waals surface area contributed by atoms with E-state index in [0.717, 1.165) is 16.7 Å². The van der Waals surface area contributed by atoms with Gasteiger partial charge in [-0.05, 0) is 54.3 Å². The summed E-state index contributed by atoms with van der Waals surface area (Å²) in [6.07, 6.45) is 1.89. The third-order valence-electron chi connectivity index (χ3n) is 6.55. The largest absolute Gasteiger partial charge is 0.489 e. The molecule has 9 nitrogen and oxygen atoms in total. The quantitative estimate of drug-likeness (QED) is 0.288. The molecule has 0 atom stereocenters. The smallest absolute Gasteiger partial charge is 0.330 e. The van der Waals surface area contributed by atoms with Crippen LogP contribution in [0.5, 0.6) is 5.75 Å². The molecule has 0 unspecified atom stereocenters. The fraction of sp³-hybridized carbons (Fsp3) is 0.207. The third kappa shape index (κ3) is 5.85. The van der Waals surface area contributed by atoms with Crippen molar-refractivity contribution in [1.82, 2.24) is 19.1 Å². The van der Waals surface area contributed by atoms with E-state index in [4.69, 9.17) is 4.74 Å². The van der Waals surface area contributed by atoms with Gasteiger partial charge < -0.3 is 9.30 Å². The van der Waals surface area contributed by atoms with E-state index in [1.54, 1.807) is 35.2 Å². The normalized spacial score (nSPS) is 11.6. The van der Waals surface area contributed by atoms with Crippen LogP contribution in [0.4, 0.5) is 0 Å². The van der Waals surface area contributed by atoms with Gasteiger partial charge in [0.2, 0.25) is 0 Å². The van der Waals surface area contributed by atoms with Gasteiger partial charge in [-0.3, -0.25) is 14.3 Å². The number of hydrogen-bond donors (Lipinski definition) is 1. The minimum atomic E-state index is -3.48. The molecule has 0 aliphatic carbocycles. The van der Waals surface area contributed by atoms with Crippen molar-refractivity contribution in [3.8, 4) is 5.75 Å². The molecule has 0 bridgehead atoms. The van der Waals surface area contributed by atoms with Crippen molar-refractivity contribution in [2.75, 3.05) is 5.75 Å². The lowest BCUT2D eigenvalue weighted by molar-refractivity contribution is 0.306. The van der Waals surface area contributed by atoms with E-state index in [0.29, 0.717) is 36.5 Å². The van der Waals surface area contributed by atoms with Crippen molar-refractivity contribution in [3.63, 3.8) is 0 Å². The molecule has 0 amide bonds. The van der Waals surface area contributed by atoms with Crippen LogP contribution in [0.2, 0.25) is 0 Å². The Bertz CT molecular complexity index is 1800. The minimum Gasteiger partial charge on any atom is -0.489 e. The molecule has 2 heterocycles. The summed E-state index contributed by atoms with van der Waals surface area (Å²) in [5.41, 5.74) is 2.42. The summed E-state index contributed by atoms with van der Waals surface area (Å²) in [6, 6.07) is 23.6. The molecule has 0 aliphatic heterocycles. The second-order valence-electron chi connectivity index (χ2n) is 9.18. The van der Waals surface area contributed by atoms with Crippen LogP contribution >= 0.6 is 0 Å². The summed E-state index contributed by atoms with van der Waals surface area (Å²) >= 11 is 0. The molecule has 5 aromatic rings. The predicted molar refractivity (Wildman–Crippen MR) is 149 cm³/mol. The number of aromatic nitrogens is 4. The van der Waals surface area contributed by atoms with E-state index >= 15 is 0 Å². The molecule has 0 aliphatic rings. The number of aromatic amines is 1. The summed E-state index contributed by atoms with van der Waals surface area (Å²) in [5.74, 6) is 0.569. The zero-order chi connectivity index (χ0) is 27.4. The Morgan fingerprint density at radius 1 is 0.872 bits per heavy atom. The molecule has 0 saturated carbocycles. The monoisotopic (exact) mass is 544 g/mol. The van der Waals surface area contributed by atoms with Crippen LogP contribution in [0.25, 0.3) is 11.2 Å². The average molecular weight is 545 g/mol. The van der Waals surface area contributed by atoms with Crippen LogP contribution in [0.1, 0.15) is 23.6 Å². The zero-order valence-corrected chi connectivity index (χ0v) is 22.2. The number of ether oxygens (including phenoxy) is 1.